The molecular weight excluding hydrogens is 256 g/mol. The maximum atomic E-state index is 11.5. The van der Waals surface area contributed by atoms with Gasteiger partial charge in [-0.2, -0.15) is 0 Å². The first-order valence-electron chi connectivity index (χ1n) is 6.87. The molecule has 0 heterocycles. The maximum Gasteiger partial charge on any atom is 0.259 e. The van der Waals surface area contributed by atoms with Gasteiger partial charge < -0.3 is 19.7 Å². The molecule has 112 valence electrons. The van der Waals surface area contributed by atoms with E-state index in [2.05, 4.69) is 12.2 Å². The van der Waals surface area contributed by atoms with Crippen LogP contribution in [0.1, 0.15) is 19.4 Å². The van der Waals surface area contributed by atoms with Crippen molar-refractivity contribution >= 4 is 5.91 Å². The second-order valence-corrected chi connectivity index (χ2v) is 4.57. The first-order valence-corrected chi connectivity index (χ1v) is 6.87. The normalized spacial score (nSPS) is 10.2. The zero-order chi connectivity index (χ0) is 15.0. The van der Waals surface area contributed by atoms with Gasteiger partial charge >= 0.3 is 0 Å². The summed E-state index contributed by atoms with van der Waals surface area (Å²) < 4.78 is 11.1. The Balaban J connectivity index is 2.75. The van der Waals surface area contributed by atoms with Gasteiger partial charge in [0.25, 0.3) is 5.91 Å². The summed E-state index contributed by atoms with van der Waals surface area (Å²) in [6, 6.07) is 5.77. The first-order chi connectivity index (χ1) is 9.58. The van der Waals surface area contributed by atoms with Crippen molar-refractivity contribution in [2.75, 3.05) is 33.9 Å². The number of hydrogen-bond acceptors (Lipinski definition) is 4. The van der Waals surface area contributed by atoms with Crippen LogP contribution in [-0.2, 0) is 11.3 Å². The van der Waals surface area contributed by atoms with Crippen molar-refractivity contribution in [2.24, 2.45) is 0 Å². The third kappa shape index (κ3) is 5.09. The van der Waals surface area contributed by atoms with E-state index in [0.717, 1.165) is 18.7 Å². The quantitative estimate of drug-likeness (QED) is 0.787. The van der Waals surface area contributed by atoms with Crippen LogP contribution in [-0.4, -0.2) is 44.7 Å². The number of benzene rings is 1. The van der Waals surface area contributed by atoms with E-state index in [1.54, 1.807) is 14.1 Å². The molecule has 0 aromatic heterocycles. The van der Waals surface area contributed by atoms with E-state index in [-0.39, 0.29) is 12.5 Å². The third-order valence-corrected chi connectivity index (χ3v) is 2.74. The van der Waals surface area contributed by atoms with Crippen LogP contribution in [0, 0.1) is 0 Å². The zero-order valence-corrected chi connectivity index (χ0v) is 12.7. The minimum atomic E-state index is -0.0795. The standard InChI is InChI=1S/C15H24N2O3/c1-5-16-10-12-7-8-13(14(9-12)19-6-2)20-11-15(18)17(3)4/h7-9,16H,5-6,10-11H2,1-4H3. The average molecular weight is 280 g/mol. The van der Waals surface area contributed by atoms with E-state index in [0.29, 0.717) is 18.1 Å². The van der Waals surface area contributed by atoms with E-state index in [1.807, 2.05) is 25.1 Å². The molecule has 0 atom stereocenters. The highest BCUT2D eigenvalue weighted by atomic mass is 16.5. The number of hydrogen-bond donors (Lipinski definition) is 1. The molecule has 0 spiro atoms. The van der Waals surface area contributed by atoms with Crippen molar-refractivity contribution in [3.8, 4) is 11.5 Å². The van der Waals surface area contributed by atoms with Crippen molar-refractivity contribution in [3.05, 3.63) is 23.8 Å². The zero-order valence-electron chi connectivity index (χ0n) is 12.7. The molecule has 0 saturated carbocycles. The predicted octanol–water partition coefficient (Wildman–Crippen LogP) is 1.66. The van der Waals surface area contributed by atoms with Crippen molar-refractivity contribution in [1.29, 1.82) is 0 Å². The summed E-state index contributed by atoms with van der Waals surface area (Å²) in [6.07, 6.45) is 0. The van der Waals surface area contributed by atoms with Gasteiger partial charge in [0, 0.05) is 20.6 Å². The predicted molar refractivity (Wildman–Crippen MR) is 79.2 cm³/mol. The molecule has 5 heteroatoms. The highest BCUT2D eigenvalue weighted by Gasteiger charge is 2.10. The Morgan fingerprint density at radius 3 is 2.55 bits per heavy atom. The Bertz CT molecular complexity index is 433. The number of nitrogens with one attached hydrogen (secondary N) is 1. The number of rotatable bonds is 8. The van der Waals surface area contributed by atoms with Crippen molar-refractivity contribution in [2.45, 2.75) is 20.4 Å². The van der Waals surface area contributed by atoms with Crippen LogP contribution in [0.25, 0.3) is 0 Å². The maximum absolute atomic E-state index is 11.5. The fraction of sp³-hybridized carbons (Fsp3) is 0.533. The molecule has 0 bridgehead atoms. The largest absolute Gasteiger partial charge is 0.490 e. The van der Waals surface area contributed by atoms with Crippen LogP contribution < -0.4 is 14.8 Å². The second kappa shape index (κ2) is 8.43. The Kier molecular flexibility index (Phi) is 6.87. The topological polar surface area (TPSA) is 50.8 Å². The molecule has 0 aliphatic carbocycles. The van der Waals surface area contributed by atoms with Crippen molar-refractivity contribution in [3.63, 3.8) is 0 Å². The molecule has 1 amide bonds. The van der Waals surface area contributed by atoms with Gasteiger partial charge in [-0.25, -0.2) is 0 Å². The van der Waals surface area contributed by atoms with Crippen LogP contribution in [0.15, 0.2) is 18.2 Å². The van der Waals surface area contributed by atoms with Gasteiger partial charge in [-0.1, -0.05) is 13.0 Å². The lowest BCUT2D eigenvalue weighted by molar-refractivity contribution is -0.130. The molecule has 0 unspecified atom stereocenters. The summed E-state index contributed by atoms with van der Waals surface area (Å²) in [6.45, 7) is 6.26. The SMILES string of the molecule is CCNCc1ccc(OCC(=O)N(C)C)c(OCC)c1. The average Bonchev–Trinajstić information content (AvgIpc) is 2.43. The van der Waals surface area contributed by atoms with Gasteiger partial charge in [0.2, 0.25) is 0 Å². The van der Waals surface area contributed by atoms with Crippen molar-refractivity contribution < 1.29 is 14.3 Å². The van der Waals surface area contributed by atoms with Crippen LogP contribution in [0.3, 0.4) is 0 Å². The van der Waals surface area contributed by atoms with Gasteiger partial charge in [0.05, 0.1) is 6.61 Å². The second-order valence-electron chi connectivity index (χ2n) is 4.57. The van der Waals surface area contributed by atoms with Crippen LogP contribution in [0.2, 0.25) is 0 Å². The van der Waals surface area contributed by atoms with Crippen molar-refractivity contribution in [1.82, 2.24) is 10.2 Å². The molecule has 5 nitrogen and oxygen atoms in total. The Morgan fingerprint density at radius 1 is 1.20 bits per heavy atom. The lowest BCUT2D eigenvalue weighted by Crippen LogP contribution is -2.27. The van der Waals surface area contributed by atoms with E-state index < -0.39 is 0 Å². The summed E-state index contributed by atoms with van der Waals surface area (Å²) >= 11 is 0. The molecule has 0 aliphatic rings. The Labute approximate surface area is 120 Å². The Morgan fingerprint density at radius 2 is 1.95 bits per heavy atom. The molecule has 20 heavy (non-hydrogen) atoms. The summed E-state index contributed by atoms with van der Waals surface area (Å²) in [5.41, 5.74) is 1.13. The highest BCUT2D eigenvalue weighted by molar-refractivity contribution is 5.77. The molecule has 1 rings (SSSR count). The molecule has 0 radical (unpaired) electrons. The Hall–Kier alpha value is -1.75. The smallest absolute Gasteiger partial charge is 0.259 e. The van der Waals surface area contributed by atoms with E-state index in [9.17, 15) is 4.79 Å². The van der Waals surface area contributed by atoms with Gasteiger partial charge in [0.1, 0.15) is 0 Å². The van der Waals surface area contributed by atoms with Gasteiger partial charge in [0.15, 0.2) is 18.1 Å². The molecule has 1 aromatic carbocycles. The van der Waals surface area contributed by atoms with Crippen LogP contribution in [0.5, 0.6) is 11.5 Å². The van der Waals surface area contributed by atoms with Gasteiger partial charge in [-0.15, -0.1) is 0 Å². The minimum Gasteiger partial charge on any atom is -0.490 e. The summed E-state index contributed by atoms with van der Waals surface area (Å²) in [5, 5.41) is 3.26. The number of amides is 1. The number of nitrogens with zero attached hydrogens (tertiary/aromatic N) is 1. The molecular formula is C15H24N2O3. The molecule has 1 aromatic rings. The third-order valence-electron chi connectivity index (χ3n) is 2.74. The fourth-order valence-electron chi connectivity index (χ4n) is 1.59. The molecule has 0 aliphatic heterocycles. The van der Waals surface area contributed by atoms with E-state index in [4.69, 9.17) is 9.47 Å². The number of carbonyl (C=O) groups is 1. The minimum absolute atomic E-state index is 0.0135. The van der Waals surface area contributed by atoms with Crippen LogP contribution in [0.4, 0.5) is 0 Å². The van der Waals surface area contributed by atoms with Gasteiger partial charge in [-0.05, 0) is 31.2 Å². The molecule has 0 fully saturated rings. The summed E-state index contributed by atoms with van der Waals surface area (Å²) in [5.74, 6) is 1.20. The highest BCUT2D eigenvalue weighted by Crippen LogP contribution is 2.28. The molecule has 0 saturated heterocycles. The monoisotopic (exact) mass is 280 g/mol. The van der Waals surface area contributed by atoms with E-state index >= 15 is 0 Å². The van der Waals surface area contributed by atoms with E-state index in [1.165, 1.54) is 4.90 Å². The first kappa shape index (κ1) is 16.3. The number of likely N-dealkylation sites (N-methyl/N-ethyl adjacent to an activating group) is 1. The lowest BCUT2D eigenvalue weighted by Gasteiger charge is -2.15. The summed E-state index contributed by atoms with van der Waals surface area (Å²) in [7, 11) is 3.41. The molecule has 1 N–H and O–H groups in total. The summed E-state index contributed by atoms with van der Waals surface area (Å²) in [4.78, 5) is 13.0. The van der Waals surface area contributed by atoms with Crippen LogP contribution >= 0.6 is 0 Å². The lowest BCUT2D eigenvalue weighted by atomic mass is 10.2. The van der Waals surface area contributed by atoms with Gasteiger partial charge in [-0.3, -0.25) is 4.79 Å². The number of carbonyl (C=O) groups excluding carboxylic acids is 1. The fourth-order valence-corrected chi connectivity index (χ4v) is 1.59. The number of ether oxygens (including phenoxy) is 2.